The molecule has 0 spiro atoms. The van der Waals surface area contributed by atoms with E-state index in [1.54, 1.807) is 6.26 Å². The molecule has 1 aromatic rings. The fraction of sp³-hybridized carbons (Fsp3) is 0.650. The van der Waals surface area contributed by atoms with E-state index in [0.717, 1.165) is 0 Å². The summed E-state index contributed by atoms with van der Waals surface area (Å²) in [5, 5.41) is 26.2. The van der Waals surface area contributed by atoms with Crippen molar-refractivity contribution in [3.05, 3.63) is 18.2 Å². The van der Waals surface area contributed by atoms with Gasteiger partial charge in [0.15, 0.2) is 0 Å². The van der Waals surface area contributed by atoms with Crippen molar-refractivity contribution in [1.29, 1.82) is 0 Å². The molecule has 8 N–H and O–H groups in total. The lowest BCUT2D eigenvalue weighted by molar-refractivity contribution is -0.142. The maximum Gasteiger partial charge on any atom is 0.326 e. The number of hydrogen-bond acceptors (Lipinski definition) is 8. The van der Waals surface area contributed by atoms with E-state index in [1.165, 1.54) is 24.3 Å². The summed E-state index contributed by atoms with van der Waals surface area (Å²) in [5.74, 6) is -2.95. The van der Waals surface area contributed by atoms with Crippen molar-refractivity contribution in [3.8, 4) is 0 Å². The molecule has 0 saturated heterocycles. The Kier molecular flexibility index (Phi) is 12.5. The summed E-state index contributed by atoms with van der Waals surface area (Å²) in [7, 11) is 0. The molecule has 0 radical (unpaired) electrons. The van der Waals surface area contributed by atoms with Gasteiger partial charge >= 0.3 is 5.97 Å². The second kappa shape index (κ2) is 14.5. The average molecular weight is 487 g/mol. The van der Waals surface area contributed by atoms with Gasteiger partial charge in [-0.1, -0.05) is 20.3 Å². The number of carboxylic acids is 1. The Balaban J connectivity index is 2.92. The minimum absolute atomic E-state index is 0.0377. The molecule has 0 aliphatic carbocycles. The predicted molar refractivity (Wildman–Crippen MR) is 123 cm³/mol. The van der Waals surface area contributed by atoms with Crippen LogP contribution in [0.4, 0.5) is 0 Å². The van der Waals surface area contributed by atoms with E-state index >= 15 is 0 Å². The van der Waals surface area contributed by atoms with Gasteiger partial charge in [0.1, 0.15) is 18.1 Å². The molecule has 1 aromatic heterocycles. The first-order chi connectivity index (χ1) is 15.6. The number of aliphatic hydroxyl groups excluding tert-OH is 1. The highest BCUT2D eigenvalue weighted by atomic mass is 32.2. The third-order valence-corrected chi connectivity index (χ3v) is 5.86. The third kappa shape index (κ3) is 9.40. The van der Waals surface area contributed by atoms with E-state index in [1.807, 2.05) is 13.8 Å². The van der Waals surface area contributed by atoms with Crippen LogP contribution in [-0.4, -0.2) is 86.7 Å². The Hall–Kier alpha value is -2.64. The smallest absolute Gasteiger partial charge is 0.326 e. The highest BCUT2D eigenvalue weighted by Gasteiger charge is 2.31. The Morgan fingerprint density at radius 2 is 1.73 bits per heavy atom. The summed E-state index contributed by atoms with van der Waals surface area (Å²) in [5.41, 5.74) is 6.52. The molecule has 1 rings (SSSR count). The van der Waals surface area contributed by atoms with Crippen LogP contribution in [0.15, 0.2) is 12.5 Å². The normalized spacial score (nSPS) is 15.5. The largest absolute Gasteiger partial charge is 0.480 e. The standard InChI is InChI=1S/C20H34N6O6S/c1-4-11(2)16(21)19(30)25-14(7-12-8-22-10-23-12)17(28)26-15(9-27)18(29)24-13(20(31)32)5-6-33-3/h8,10-11,13-16,27H,4-7,9,21H2,1-3H3,(H,22,23)(H,24,29)(H,25,30)(H,26,28)(H,31,32). The van der Waals surface area contributed by atoms with Gasteiger partial charge in [-0.15, -0.1) is 0 Å². The molecule has 0 aliphatic rings. The molecule has 0 aliphatic heterocycles. The number of aliphatic hydroxyl groups is 1. The first kappa shape index (κ1) is 28.4. The maximum absolute atomic E-state index is 12.9. The Bertz CT molecular complexity index is 777. The Labute approximate surface area is 196 Å². The second-order valence-electron chi connectivity index (χ2n) is 7.68. The molecule has 1 heterocycles. The van der Waals surface area contributed by atoms with Crippen LogP contribution in [0.3, 0.4) is 0 Å². The summed E-state index contributed by atoms with van der Waals surface area (Å²) in [6.45, 7) is 2.94. The van der Waals surface area contributed by atoms with Gasteiger partial charge in [-0.2, -0.15) is 11.8 Å². The summed E-state index contributed by atoms with van der Waals surface area (Å²) < 4.78 is 0. The number of imidazole rings is 1. The molecule has 5 unspecified atom stereocenters. The number of thioether (sulfide) groups is 1. The van der Waals surface area contributed by atoms with Crippen molar-refractivity contribution in [3.63, 3.8) is 0 Å². The van der Waals surface area contributed by atoms with Gasteiger partial charge in [-0.25, -0.2) is 9.78 Å². The fourth-order valence-corrected chi connectivity index (χ4v) is 3.31. The van der Waals surface area contributed by atoms with Crippen molar-refractivity contribution < 1.29 is 29.4 Å². The molecule has 3 amide bonds. The lowest BCUT2D eigenvalue weighted by Crippen LogP contribution is -2.59. The number of rotatable bonds is 15. The van der Waals surface area contributed by atoms with Crippen molar-refractivity contribution in [2.45, 2.75) is 57.3 Å². The number of aliphatic carboxylic acids is 1. The number of carbonyl (C=O) groups excluding carboxylic acids is 3. The summed E-state index contributed by atoms with van der Waals surface area (Å²) in [6.07, 6.45) is 5.59. The molecular weight excluding hydrogens is 452 g/mol. The number of carboxylic acid groups (broad SMARTS) is 1. The highest BCUT2D eigenvalue weighted by molar-refractivity contribution is 7.98. The van der Waals surface area contributed by atoms with Crippen LogP contribution in [0, 0.1) is 5.92 Å². The SMILES string of the molecule is CCC(C)C(N)C(=O)NC(Cc1cnc[nH]1)C(=O)NC(CO)C(=O)NC(CCSC)C(=O)O. The number of aromatic nitrogens is 2. The second-order valence-corrected chi connectivity index (χ2v) is 8.66. The van der Waals surface area contributed by atoms with E-state index in [9.17, 15) is 29.4 Å². The van der Waals surface area contributed by atoms with Crippen LogP contribution in [0.2, 0.25) is 0 Å². The number of H-pyrrole nitrogens is 1. The van der Waals surface area contributed by atoms with Crippen molar-refractivity contribution >= 4 is 35.5 Å². The van der Waals surface area contributed by atoms with Crippen LogP contribution in [0.25, 0.3) is 0 Å². The van der Waals surface area contributed by atoms with Gasteiger partial charge in [-0.05, 0) is 24.3 Å². The lowest BCUT2D eigenvalue weighted by Gasteiger charge is -2.25. The number of hydrogen-bond donors (Lipinski definition) is 7. The maximum atomic E-state index is 12.9. The van der Waals surface area contributed by atoms with Gasteiger partial charge in [0.25, 0.3) is 0 Å². The minimum atomic E-state index is -1.40. The fourth-order valence-electron chi connectivity index (χ4n) is 2.84. The highest BCUT2D eigenvalue weighted by Crippen LogP contribution is 2.07. The summed E-state index contributed by atoms with van der Waals surface area (Å²) >= 11 is 1.42. The minimum Gasteiger partial charge on any atom is -0.480 e. The summed E-state index contributed by atoms with van der Waals surface area (Å²) in [6, 6.07) is -4.51. The number of amides is 3. The van der Waals surface area contributed by atoms with E-state index in [-0.39, 0.29) is 18.8 Å². The first-order valence-electron chi connectivity index (χ1n) is 10.6. The molecule has 0 bridgehead atoms. The average Bonchev–Trinajstić information content (AvgIpc) is 3.31. The van der Waals surface area contributed by atoms with Crippen molar-refractivity contribution in [2.75, 3.05) is 18.6 Å². The number of nitrogens with one attached hydrogen (secondary N) is 4. The van der Waals surface area contributed by atoms with Gasteiger partial charge < -0.3 is 36.9 Å². The molecule has 0 aromatic carbocycles. The molecule has 0 saturated carbocycles. The Morgan fingerprint density at radius 1 is 1.12 bits per heavy atom. The molecule has 13 heteroatoms. The zero-order valence-corrected chi connectivity index (χ0v) is 19.9. The van der Waals surface area contributed by atoms with Crippen LogP contribution in [0.5, 0.6) is 0 Å². The molecule has 0 fully saturated rings. The predicted octanol–water partition coefficient (Wildman–Crippen LogP) is -1.39. The number of nitrogens with two attached hydrogens (primary N) is 1. The van der Waals surface area contributed by atoms with Gasteiger partial charge in [0.2, 0.25) is 17.7 Å². The monoisotopic (exact) mass is 486 g/mol. The van der Waals surface area contributed by atoms with Crippen molar-refractivity contribution in [1.82, 2.24) is 25.9 Å². The Morgan fingerprint density at radius 3 is 2.24 bits per heavy atom. The van der Waals surface area contributed by atoms with E-state index in [0.29, 0.717) is 17.9 Å². The molecule has 186 valence electrons. The van der Waals surface area contributed by atoms with Gasteiger partial charge in [0, 0.05) is 18.3 Å². The quantitative estimate of drug-likeness (QED) is 0.156. The van der Waals surface area contributed by atoms with Crippen LogP contribution in [0.1, 0.15) is 32.4 Å². The van der Waals surface area contributed by atoms with E-state index in [2.05, 4.69) is 25.9 Å². The van der Waals surface area contributed by atoms with Crippen LogP contribution in [-0.2, 0) is 25.6 Å². The lowest BCUT2D eigenvalue weighted by atomic mass is 9.98. The molecular formula is C20H34N6O6S. The van der Waals surface area contributed by atoms with Crippen LogP contribution < -0.4 is 21.7 Å². The molecule has 33 heavy (non-hydrogen) atoms. The molecule has 5 atom stereocenters. The number of carbonyl (C=O) groups is 4. The van der Waals surface area contributed by atoms with E-state index in [4.69, 9.17) is 5.73 Å². The van der Waals surface area contributed by atoms with Gasteiger partial charge in [-0.3, -0.25) is 14.4 Å². The van der Waals surface area contributed by atoms with Crippen LogP contribution >= 0.6 is 11.8 Å². The zero-order valence-electron chi connectivity index (χ0n) is 19.0. The zero-order chi connectivity index (χ0) is 25.0. The number of aromatic amines is 1. The third-order valence-electron chi connectivity index (χ3n) is 5.21. The number of nitrogens with zero attached hydrogens (tertiary/aromatic N) is 1. The summed E-state index contributed by atoms with van der Waals surface area (Å²) in [4.78, 5) is 56.1. The van der Waals surface area contributed by atoms with E-state index < -0.39 is 54.5 Å². The van der Waals surface area contributed by atoms with Crippen molar-refractivity contribution in [2.24, 2.45) is 11.7 Å². The molecule has 12 nitrogen and oxygen atoms in total. The van der Waals surface area contributed by atoms with Gasteiger partial charge in [0.05, 0.1) is 19.0 Å². The first-order valence-corrected chi connectivity index (χ1v) is 12.0. The topological polar surface area (TPSA) is 200 Å².